The van der Waals surface area contributed by atoms with E-state index in [4.69, 9.17) is 25.5 Å². The van der Waals surface area contributed by atoms with Crippen molar-refractivity contribution in [1.29, 1.82) is 0 Å². The molecule has 0 saturated carbocycles. The van der Waals surface area contributed by atoms with Gasteiger partial charge in [-0.15, -0.1) is 0 Å². The van der Waals surface area contributed by atoms with E-state index in [1.54, 1.807) is 42.5 Å². The topological polar surface area (TPSA) is 77.8 Å². The second-order valence-corrected chi connectivity index (χ2v) is 8.02. The van der Waals surface area contributed by atoms with Crippen LogP contribution in [-0.4, -0.2) is 12.5 Å². The summed E-state index contributed by atoms with van der Waals surface area (Å²) in [6.45, 7) is 3.92. The molecule has 0 bridgehead atoms. The maximum Gasteiger partial charge on any atom is 0.262 e. The molecule has 0 radical (unpaired) electrons. The summed E-state index contributed by atoms with van der Waals surface area (Å²) in [5.74, 6) is 0.526. The number of halogens is 1. The van der Waals surface area contributed by atoms with Crippen LogP contribution in [0.2, 0.25) is 5.02 Å². The Morgan fingerprint density at radius 2 is 1.71 bits per heavy atom. The smallest absolute Gasteiger partial charge is 0.262 e. The third-order valence-electron chi connectivity index (χ3n) is 5.40. The lowest BCUT2D eigenvalue weighted by atomic mass is 10.0. The van der Waals surface area contributed by atoms with Gasteiger partial charge in [0.15, 0.2) is 6.61 Å². The van der Waals surface area contributed by atoms with E-state index in [9.17, 15) is 9.59 Å². The standard InChI is InChI=1S/C27H24ClNO5/c1-3-17-8-7-9-18(4-2)26(17)29-25(30)16-32-19-12-13-20-23(14-19)33-15-24(27(20)31)34-22-11-6-5-10-21(22)28/h5-15H,3-4,16H2,1-2H3,(H,29,30). The average Bonchev–Trinajstić information content (AvgIpc) is 2.85. The van der Waals surface area contributed by atoms with Crippen LogP contribution in [0.3, 0.4) is 0 Å². The SMILES string of the molecule is CCc1cccc(CC)c1NC(=O)COc1ccc2c(=O)c(Oc3ccccc3Cl)coc2c1. The number of para-hydroxylation sites is 2. The molecule has 0 fully saturated rings. The lowest BCUT2D eigenvalue weighted by Gasteiger charge is -2.14. The maximum atomic E-state index is 12.8. The molecule has 1 aromatic heterocycles. The molecule has 3 aromatic carbocycles. The van der Waals surface area contributed by atoms with Gasteiger partial charge < -0.3 is 19.2 Å². The molecular formula is C27H24ClNO5. The molecule has 0 aliphatic heterocycles. The first-order valence-corrected chi connectivity index (χ1v) is 11.4. The van der Waals surface area contributed by atoms with E-state index in [0.29, 0.717) is 27.5 Å². The number of carbonyl (C=O) groups is 1. The zero-order valence-electron chi connectivity index (χ0n) is 18.9. The molecule has 0 saturated heterocycles. The average molecular weight is 478 g/mol. The van der Waals surface area contributed by atoms with Crippen LogP contribution in [0.5, 0.6) is 17.2 Å². The minimum atomic E-state index is -0.339. The summed E-state index contributed by atoms with van der Waals surface area (Å²) in [4.78, 5) is 25.4. The second kappa shape index (κ2) is 10.4. The Morgan fingerprint density at radius 3 is 2.41 bits per heavy atom. The highest BCUT2D eigenvalue weighted by molar-refractivity contribution is 6.32. The largest absolute Gasteiger partial charge is 0.484 e. The maximum absolute atomic E-state index is 12.8. The number of carbonyl (C=O) groups excluding carboxylic acids is 1. The normalized spacial score (nSPS) is 10.8. The predicted octanol–water partition coefficient (Wildman–Crippen LogP) is 6.38. The second-order valence-electron chi connectivity index (χ2n) is 7.61. The number of fused-ring (bicyclic) bond motifs is 1. The molecule has 4 rings (SSSR count). The lowest BCUT2D eigenvalue weighted by molar-refractivity contribution is -0.118. The van der Waals surface area contributed by atoms with E-state index in [1.807, 2.05) is 18.2 Å². The van der Waals surface area contributed by atoms with Crippen LogP contribution in [-0.2, 0) is 17.6 Å². The van der Waals surface area contributed by atoms with Gasteiger partial charge in [0.2, 0.25) is 11.2 Å². The molecule has 1 heterocycles. The minimum Gasteiger partial charge on any atom is -0.484 e. The predicted molar refractivity (Wildman–Crippen MR) is 133 cm³/mol. The minimum absolute atomic E-state index is 0.0231. The quantitative estimate of drug-likeness (QED) is 0.318. The number of amides is 1. The van der Waals surface area contributed by atoms with Gasteiger partial charge in [-0.25, -0.2) is 0 Å². The van der Waals surface area contributed by atoms with Gasteiger partial charge in [-0.05, 0) is 48.2 Å². The molecule has 4 aromatic rings. The fourth-order valence-electron chi connectivity index (χ4n) is 3.62. The van der Waals surface area contributed by atoms with Crippen LogP contribution >= 0.6 is 11.6 Å². The van der Waals surface area contributed by atoms with E-state index < -0.39 is 0 Å². The van der Waals surface area contributed by atoms with Crippen molar-refractivity contribution in [2.24, 2.45) is 0 Å². The Morgan fingerprint density at radius 1 is 0.971 bits per heavy atom. The molecule has 34 heavy (non-hydrogen) atoms. The number of benzene rings is 3. The number of anilines is 1. The van der Waals surface area contributed by atoms with Crippen LogP contribution in [0.1, 0.15) is 25.0 Å². The first-order valence-electron chi connectivity index (χ1n) is 11.0. The molecular weight excluding hydrogens is 454 g/mol. The Labute approximate surface area is 202 Å². The summed E-state index contributed by atoms with van der Waals surface area (Å²) in [5.41, 5.74) is 2.98. The molecule has 0 aliphatic rings. The van der Waals surface area contributed by atoms with Crippen LogP contribution in [0.25, 0.3) is 11.0 Å². The van der Waals surface area contributed by atoms with Crippen molar-refractivity contribution in [3.05, 3.63) is 93.3 Å². The molecule has 7 heteroatoms. The number of ether oxygens (including phenoxy) is 2. The summed E-state index contributed by atoms with van der Waals surface area (Å²) in [7, 11) is 0. The summed E-state index contributed by atoms with van der Waals surface area (Å²) < 4.78 is 16.9. The summed E-state index contributed by atoms with van der Waals surface area (Å²) >= 11 is 6.10. The molecule has 0 atom stereocenters. The number of aryl methyl sites for hydroxylation is 2. The van der Waals surface area contributed by atoms with Gasteiger partial charge >= 0.3 is 0 Å². The molecule has 174 valence electrons. The number of nitrogens with one attached hydrogen (secondary N) is 1. The Bertz CT molecular complexity index is 1370. The first kappa shape index (κ1) is 23.4. The van der Waals surface area contributed by atoms with E-state index in [1.165, 1.54) is 6.26 Å². The first-order chi connectivity index (χ1) is 16.5. The van der Waals surface area contributed by atoms with Gasteiger partial charge in [-0.2, -0.15) is 0 Å². The van der Waals surface area contributed by atoms with E-state index in [0.717, 1.165) is 29.7 Å². The van der Waals surface area contributed by atoms with E-state index >= 15 is 0 Å². The van der Waals surface area contributed by atoms with E-state index in [-0.39, 0.29) is 23.7 Å². The van der Waals surface area contributed by atoms with Crippen molar-refractivity contribution in [1.82, 2.24) is 0 Å². The molecule has 0 spiro atoms. The number of hydrogen-bond donors (Lipinski definition) is 1. The summed E-state index contributed by atoms with van der Waals surface area (Å²) in [6.07, 6.45) is 2.87. The molecule has 0 unspecified atom stereocenters. The Kier molecular flexibility index (Phi) is 7.18. The van der Waals surface area contributed by atoms with Gasteiger partial charge in [0.1, 0.15) is 23.3 Å². The van der Waals surface area contributed by atoms with Crippen molar-refractivity contribution in [3.8, 4) is 17.2 Å². The fourth-order valence-corrected chi connectivity index (χ4v) is 3.80. The highest BCUT2D eigenvalue weighted by atomic mass is 35.5. The van der Waals surface area contributed by atoms with Crippen LogP contribution in [0, 0.1) is 0 Å². The number of rotatable bonds is 8. The van der Waals surface area contributed by atoms with Gasteiger partial charge in [0.25, 0.3) is 5.91 Å². The third-order valence-corrected chi connectivity index (χ3v) is 5.72. The van der Waals surface area contributed by atoms with Crippen molar-refractivity contribution in [2.45, 2.75) is 26.7 Å². The van der Waals surface area contributed by atoms with Crippen molar-refractivity contribution >= 4 is 34.2 Å². The lowest BCUT2D eigenvalue weighted by Crippen LogP contribution is -2.21. The summed E-state index contributed by atoms with van der Waals surface area (Å²) in [5, 5.41) is 3.68. The van der Waals surface area contributed by atoms with Crippen molar-refractivity contribution in [3.63, 3.8) is 0 Å². The summed E-state index contributed by atoms with van der Waals surface area (Å²) in [6, 6.07) is 17.6. The highest BCUT2D eigenvalue weighted by Gasteiger charge is 2.13. The highest BCUT2D eigenvalue weighted by Crippen LogP contribution is 2.29. The van der Waals surface area contributed by atoms with Gasteiger partial charge in [0.05, 0.1) is 10.4 Å². The monoisotopic (exact) mass is 477 g/mol. The van der Waals surface area contributed by atoms with Crippen LogP contribution < -0.4 is 20.2 Å². The van der Waals surface area contributed by atoms with Crippen LogP contribution in [0.15, 0.2) is 76.1 Å². The Hall–Kier alpha value is -3.77. The van der Waals surface area contributed by atoms with Gasteiger partial charge in [0, 0.05) is 11.8 Å². The van der Waals surface area contributed by atoms with E-state index in [2.05, 4.69) is 19.2 Å². The Balaban J connectivity index is 1.47. The van der Waals surface area contributed by atoms with Crippen molar-refractivity contribution < 1.29 is 18.7 Å². The number of hydrogen-bond acceptors (Lipinski definition) is 5. The fraction of sp³-hybridized carbons (Fsp3) is 0.185. The van der Waals surface area contributed by atoms with Gasteiger partial charge in [-0.1, -0.05) is 55.8 Å². The van der Waals surface area contributed by atoms with Crippen LogP contribution in [0.4, 0.5) is 5.69 Å². The zero-order valence-corrected chi connectivity index (χ0v) is 19.6. The third kappa shape index (κ3) is 5.07. The zero-order chi connectivity index (χ0) is 24.1. The molecule has 1 amide bonds. The molecule has 1 N–H and O–H groups in total. The van der Waals surface area contributed by atoms with Crippen molar-refractivity contribution in [2.75, 3.05) is 11.9 Å². The molecule has 0 aliphatic carbocycles. The van der Waals surface area contributed by atoms with Gasteiger partial charge in [-0.3, -0.25) is 9.59 Å². The molecule has 6 nitrogen and oxygen atoms in total.